The summed E-state index contributed by atoms with van der Waals surface area (Å²) in [7, 11) is 0. The number of nitrogens with zero attached hydrogens (tertiary/aromatic N) is 3. The highest BCUT2D eigenvalue weighted by Crippen LogP contribution is 2.29. The van der Waals surface area contributed by atoms with Gasteiger partial charge in [-0.15, -0.1) is 0 Å². The number of halogens is 1. The summed E-state index contributed by atoms with van der Waals surface area (Å²) < 4.78 is 22.7. The molecule has 6 nitrogen and oxygen atoms in total. The Kier molecular flexibility index (Phi) is 6.79. The Bertz CT molecular complexity index is 1290. The van der Waals surface area contributed by atoms with Gasteiger partial charge in [-0.05, 0) is 94.9 Å². The van der Waals surface area contributed by atoms with Crippen LogP contribution in [0.1, 0.15) is 46.5 Å². The first-order chi connectivity index (χ1) is 17.2. The van der Waals surface area contributed by atoms with Gasteiger partial charge >= 0.3 is 0 Å². The summed E-state index contributed by atoms with van der Waals surface area (Å²) >= 11 is 0. The summed E-state index contributed by atoms with van der Waals surface area (Å²) in [5.41, 5.74) is 0.0963. The van der Waals surface area contributed by atoms with Crippen LogP contribution in [0, 0.1) is 5.82 Å². The third-order valence-electron chi connectivity index (χ3n) is 7.37. The second-order valence-electron chi connectivity index (χ2n) is 11.0. The Hall–Kier alpha value is -2.90. The fourth-order valence-electron chi connectivity index (χ4n) is 5.75. The molecule has 7 heteroatoms. The van der Waals surface area contributed by atoms with Gasteiger partial charge in [0.25, 0.3) is 5.56 Å². The van der Waals surface area contributed by atoms with Crippen LogP contribution in [-0.2, 0) is 0 Å². The third-order valence-corrected chi connectivity index (χ3v) is 7.37. The van der Waals surface area contributed by atoms with Crippen molar-refractivity contribution in [2.75, 3.05) is 31.1 Å². The smallest absolute Gasteiger partial charge is 0.262 e. The Morgan fingerprint density at radius 3 is 2.61 bits per heavy atom. The van der Waals surface area contributed by atoms with Gasteiger partial charge in [-0.25, -0.2) is 4.39 Å². The zero-order chi connectivity index (χ0) is 25.4. The number of ether oxygens (including phenoxy) is 1. The predicted octanol–water partition coefficient (Wildman–Crippen LogP) is 4.73. The summed E-state index contributed by atoms with van der Waals surface area (Å²) in [4.78, 5) is 17.9. The molecule has 2 aliphatic heterocycles. The van der Waals surface area contributed by atoms with Crippen LogP contribution in [0.2, 0.25) is 0 Å². The fourth-order valence-corrected chi connectivity index (χ4v) is 5.75. The quantitative estimate of drug-likeness (QED) is 0.516. The van der Waals surface area contributed by atoms with Crippen LogP contribution in [-0.4, -0.2) is 58.5 Å². The Labute approximate surface area is 211 Å². The van der Waals surface area contributed by atoms with Gasteiger partial charge in [0.2, 0.25) is 0 Å². The molecule has 1 aromatic heterocycles. The fraction of sp³-hybridized carbons (Fsp3) is 0.483. The standard InChI is InChI=1S/C29H36FN3O3/c1-20(18-29(2,3)35)36-24-7-8-25-21(16-24)10-15-33(28(25)34)22-6-9-27(26(30)17-22)32-14-11-23(19-32)31-12-4-5-13-31/h6-10,15-17,20,23,35H,4-5,11-14,18-19H2,1-3H3/t20?,23-/m1/s1. The van der Waals surface area contributed by atoms with Gasteiger partial charge in [0.05, 0.1) is 23.1 Å². The number of hydrogen-bond donors (Lipinski definition) is 1. The van der Waals surface area contributed by atoms with Crippen molar-refractivity contribution < 1.29 is 14.2 Å². The maximum atomic E-state index is 15.2. The van der Waals surface area contributed by atoms with Crippen LogP contribution >= 0.6 is 0 Å². The van der Waals surface area contributed by atoms with Gasteiger partial charge < -0.3 is 14.7 Å². The molecule has 2 saturated heterocycles. The molecule has 0 saturated carbocycles. The molecule has 1 N–H and O–H groups in total. The number of pyridine rings is 1. The lowest BCUT2D eigenvalue weighted by Gasteiger charge is -2.25. The van der Waals surface area contributed by atoms with Gasteiger partial charge in [-0.2, -0.15) is 0 Å². The zero-order valence-corrected chi connectivity index (χ0v) is 21.4. The summed E-state index contributed by atoms with van der Waals surface area (Å²) in [5.74, 6) is 0.343. The Morgan fingerprint density at radius 1 is 1.11 bits per heavy atom. The number of benzene rings is 2. The van der Waals surface area contributed by atoms with E-state index in [-0.39, 0.29) is 17.5 Å². The lowest BCUT2D eigenvalue weighted by molar-refractivity contribution is 0.0324. The molecule has 2 fully saturated rings. The summed E-state index contributed by atoms with van der Waals surface area (Å²) in [6.45, 7) is 9.42. The first-order valence-electron chi connectivity index (χ1n) is 13.0. The number of anilines is 1. The van der Waals surface area contributed by atoms with Crippen LogP contribution < -0.4 is 15.2 Å². The molecule has 5 rings (SSSR count). The summed E-state index contributed by atoms with van der Waals surface area (Å²) in [6.07, 6.45) is 5.58. The Balaban J connectivity index is 1.34. The second-order valence-corrected chi connectivity index (χ2v) is 11.0. The highest BCUT2D eigenvalue weighted by Gasteiger charge is 2.30. The van der Waals surface area contributed by atoms with E-state index in [1.807, 2.05) is 25.1 Å². The van der Waals surface area contributed by atoms with Crippen molar-refractivity contribution in [2.24, 2.45) is 0 Å². The van der Waals surface area contributed by atoms with Gasteiger partial charge in [0, 0.05) is 43.2 Å². The average molecular weight is 494 g/mol. The van der Waals surface area contributed by atoms with Crippen molar-refractivity contribution >= 4 is 16.5 Å². The van der Waals surface area contributed by atoms with Gasteiger partial charge in [-0.1, -0.05) is 0 Å². The molecule has 2 aromatic carbocycles. The third kappa shape index (κ3) is 5.27. The highest BCUT2D eigenvalue weighted by atomic mass is 19.1. The topological polar surface area (TPSA) is 57.9 Å². The van der Waals surface area contributed by atoms with Gasteiger partial charge in [-0.3, -0.25) is 14.3 Å². The molecule has 36 heavy (non-hydrogen) atoms. The molecule has 0 amide bonds. The van der Waals surface area contributed by atoms with Crippen molar-refractivity contribution in [1.29, 1.82) is 0 Å². The van der Waals surface area contributed by atoms with E-state index < -0.39 is 5.60 Å². The number of aromatic nitrogens is 1. The van der Waals surface area contributed by atoms with Crippen LogP contribution in [0.5, 0.6) is 5.75 Å². The first-order valence-corrected chi connectivity index (χ1v) is 13.0. The number of aliphatic hydroxyl groups is 1. The molecule has 0 spiro atoms. The maximum Gasteiger partial charge on any atom is 0.262 e. The summed E-state index contributed by atoms with van der Waals surface area (Å²) in [6, 6.07) is 12.8. The number of likely N-dealkylation sites (tertiary alicyclic amines) is 1. The van der Waals surface area contributed by atoms with Crippen molar-refractivity contribution in [3.05, 3.63) is 64.8 Å². The van der Waals surface area contributed by atoms with E-state index in [2.05, 4.69) is 9.80 Å². The number of rotatable bonds is 7. The predicted molar refractivity (Wildman–Crippen MR) is 142 cm³/mol. The molecule has 0 aliphatic carbocycles. The minimum atomic E-state index is -0.820. The minimum absolute atomic E-state index is 0.175. The lowest BCUT2D eigenvalue weighted by atomic mass is 10.0. The number of hydrogen-bond acceptors (Lipinski definition) is 5. The van der Waals surface area contributed by atoms with Crippen LogP contribution in [0.25, 0.3) is 16.5 Å². The van der Waals surface area contributed by atoms with Crippen LogP contribution in [0.4, 0.5) is 10.1 Å². The van der Waals surface area contributed by atoms with Crippen molar-refractivity contribution in [2.45, 2.75) is 64.2 Å². The van der Waals surface area contributed by atoms with E-state index in [0.29, 0.717) is 35.0 Å². The van der Waals surface area contributed by atoms with E-state index in [9.17, 15) is 9.90 Å². The molecule has 0 radical (unpaired) electrons. The maximum absolute atomic E-state index is 15.2. The largest absolute Gasteiger partial charge is 0.491 e. The molecule has 3 heterocycles. The second kappa shape index (κ2) is 9.87. The first kappa shape index (κ1) is 24.8. The van der Waals surface area contributed by atoms with E-state index in [4.69, 9.17) is 4.74 Å². The SMILES string of the molecule is CC(CC(C)(C)O)Oc1ccc2c(=O)n(-c3ccc(N4CC[C@@H](N5CCCC5)C4)c(F)c3)ccc2c1. The molecule has 1 unspecified atom stereocenters. The van der Waals surface area contributed by atoms with Crippen molar-refractivity contribution in [3.63, 3.8) is 0 Å². The molecule has 3 aromatic rings. The van der Waals surface area contributed by atoms with E-state index in [0.717, 1.165) is 38.0 Å². The monoisotopic (exact) mass is 493 g/mol. The molecule has 0 bridgehead atoms. The van der Waals surface area contributed by atoms with Gasteiger partial charge in [0.15, 0.2) is 0 Å². The highest BCUT2D eigenvalue weighted by molar-refractivity contribution is 5.83. The molecule has 192 valence electrons. The zero-order valence-electron chi connectivity index (χ0n) is 21.4. The van der Waals surface area contributed by atoms with Crippen molar-refractivity contribution in [3.8, 4) is 11.4 Å². The Morgan fingerprint density at radius 2 is 1.89 bits per heavy atom. The average Bonchev–Trinajstić information content (AvgIpc) is 3.50. The minimum Gasteiger partial charge on any atom is -0.491 e. The van der Waals surface area contributed by atoms with E-state index in [1.54, 1.807) is 38.2 Å². The molecule has 2 atom stereocenters. The molecule has 2 aliphatic rings. The number of fused-ring (bicyclic) bond motifs is 1. The molecular formula is C29H36FN3O3. The van der Waals surface area contributed by atoms with Crippen LogP contribution in [0.15, 0.2) is 53.5 Å². The van der Waals surface area contributed by atoms with E-state index in [1.165, 1.54) is 23.5 Å². The summed E-state index contributed by atoms with van der Waals surface area (Å²) in [5, 5.41) is 11.3. The van der Waals surface area contributed by atoms with Crippen LogP contribution in [0.3, 0.4) is 0 Å². The van der Waals surface area contributed by atoms with E-state index >= 15 is 4.39 Å². The van der Waals surface area contributed by atoms with Gasteiger partial charge in [0.1, 0.15) is 11.6 Å². The normalized spacial score (nSPS) is 19.8. The van der Waals surface area contributed by atoms with Crippen molar-refractivity contribution in [1.82, 2.24) is 9.47 Å². The lowest BCUT2D eigenvalue weighted by Crippen LogP contribution is -2.35. The molecular weight excluding hydrogens is 457 g/mol.